The lowest BCUT2D eigenvalue weighted by Crippen LogP contribution is -2.39. The first-order valence-electron chi connectivity index (χ1n) is 10.7. The number of aromatic nitrogens is 2. The van der Waals surface area contributed by atoms with Crippen LogP contribution in [0, 0.1) is 11.8 Å². The van der Waals surface area contributed by atoms with Crippen LogP contribution in [0.3, 0.4) is 0 Å². The molecule has 1 aromatic carbocycles. The first kappa shape index (κ1) is 19.4. The van der Waals surface area contributed by atoms with Gasteiger partial charge in [-0.25, -0.2) is 0 Å². The number of carbonyl (C=O) groups is 2. The van der Waals surface area contributed by atoms with Crippen molar-refractivity contribution in [3.8, 4) is 0 Å². The number of ketones is 1. The minimum absolute atomic E-state index is 0.0672. The maximum Gasteiger partial charge on any atom is 0.296 e. The molecule has 3 aliphatic rings. The van der Waals surface area contributed by atoms with Crippen LogP contribution >= 0.6 is 11.3 Å². The molecular weight excluding hydrogens is 398 g/mol. The molecule has 5 rings (SSSR count). The van der Waals surface area contributed by atoms with E-state index in [9.17, 15) is 9.59 Å². The summed E-state index contributed by atoms with van der Waals surface area (Å²) >= 11 is 1.42. The number of carbonyl (C=O) groups excluding carboxylic acids is 2. The number of hydrogen-bond acceptors (Lipinski definition) is 6. The minimum Gasteiger partial charge on any atom is -0.483 e. The average Bonchev–Trinajstić information content (AvgIpc) is 3.31. The SMILES string of the molecule is CC(C)Cc1nnc(N2C(=O)C3=C(C(=O)C4CCCCC4O3)C2c2ccccc2)s1. The molecule has 30 heavy (non-hydrogen) atoms. The molecule has 1 fully saturated rings. The first-order chi connectivity index (χ1) is 14.5. The number of hydrogen-bond donors (Lipinski definition) is 0. The summed E-state index contributed by atoms with van der Waals surface area (Å²) in [4.78, 5) is 28.7. The summed E-state index contributed by atoms with van der Waals surface area (Å²) in [5, 5.41) is 10.1. The Bertz CT molecular complexity index is 1010. The Morgan fingerprint density at radius 1 is 1.13 bits per heavy atom. The van der Waals surface area contributed by atoms with Gasteiger partial charge in [0, 0.05) is 6.42 Å². The second-order valence-electron chi connectivity index (χ2n) is 8.72. The Morgan fingerprint density at radius 3 is 2.67 bits per heavy atom. The number of benzene rings is 1. The van der Waals surface area contributed by atoms with Crippen LogP contribution in [0.4, 0.5) is 5.13 Å². The van der Waals surface area contributed by atoms with Crippen LogP contribution in [0.1, 0.15) is 56.1 Å². The van der Waals surface area contributed by atoms with Crippen LogP contribution < -0.4 is 4.90 Å². The van der Waals surface area contributed by atoms with Crippen LogP contribution in [0.15, 0.2) is 41.7 Å². The Labute approximate surface area is 180 Å². The maximum atomic E-state index is 13.5. The molecule has 0 bridgehead atoms. The van der Waals surface area contributed by atoms with Gasteiger partial charge in [0.25, 0.3) is 5.91 Å². The van der Waals surface area contributed by atoms with Gasteiger partial charge in [-0.05, 0) is 30.7 Å². The van der Waals surface area contributed by atoms with Crippen molar-refractivity contribution in [3.05, 3.63) is 52.2 Å². The number of anilines is 1. The third kappa shape index (κ3) is 3.16. The molecule has 1 amide bonds. The van der Waals surface area contributed by atoms with Gasteiger partial charge in [-0.2, -0.15) is 0 Å². The number of rotatable bonds is 4. The van der Waals surface area contributed by atoms with Crippen molar-refractivity contribution in [1.29, 1.82) is 0 Å². The van der Waals surface area contributed by atoms with Crippen molar-refractivity contribution in [2.75, 3.05) is 4.90 Å². The lowest BCUT2D eigenvalue weighted by molar-refractivity contribution is -0.131. The monoisotopic (exact) mass is 423 g/mol. The van der Waals surface area contributed by atoms with Crippen LogP contribution in [-0.4, -0.2) is 28.0 Å². The second kappa shape index (κ2) is 7.61. The van der Waals surface area contributed by atoms with Crippen LogP contribution in [0.25, 0.3) is 0 Å². The van der Waals surface area contributed by atoms with E-state index in [1.165, 1.54) is 11.3 Å². The maximum absolute atomic E-state index is 13.5. The summed E-state index contributed by atoms with van der Waals surface area (Å²) < 4.78 is 6.20. The Balaban J connectivity index is 1.59. The van der Waals surface area contributed by atoms with Gasteiger partial charge < -0.3 is 4.74 Å². The molecule has 1 aromatic heterocycles. The molecule has 1 aliphatic carbocycles. The summed E-state index contributed by atoms with van der Waals surface area (Å²) in [6, 6.07) is 9.19. The summed E-state index contributed by atoms with van der Waals surface area (Å²) in [6.07, 6.45) is 4.34. The van der Waals surface area contributed by atoms with E-state index in [0.29, 0.717) is 16.6 Å². The van der Waals surface area contributed by atoms with Gasteiger partial charge in [0.2, 0.25) is 5.13 Å². The Morgan fingerprint density at radius 2 is 1.90 bits per heavy atom. The van der Waals surface area contributed by atoms with Gasteiger partial charge in [-0.1, -0.05) is 61.9 Å². The highest BCUT2D eigenvalue weighted by molar-refractivity contribution is 7.15. The van der Waals surface area contributed by atoms with Crippen molar-refractivity contribution in [1.82, 2.24) is 10.2 Å². The Kier molecular flexibility index (Phi) is 4.93. The third-order valence-corrected chi connectivity index (χ3v) is 7.07. The molecule has 2 aliphatic heterocycles. The van der Waals surface area contributed by atoms with Gasteiger partial charge in [0.05, 0.1) is 17.5 Å². The molecule has 2 aromatic rings. The molecule has 0 N–H and O–H groups in total. The van der Waals surface area contributed by atoms with Gasteiger partial charge in [-0.15, -0.1) is 10.2 Å². The van der Waals surface area contributed by atoms with Gasteiger partial charge in [0.1, 0.15) is 11.1 Å². The van der Waals surface area contributed by atoms with Crippen molar-refractivity contribution in [3.63, 3.8) is 0 Å². The number of nitrogens with zero attached hydrogens (tertiary/aromatic N) is 3. The van der Waals surface area contributed by atoms with Crippen LogP contribution in [0.5, 0.6) is 0 Å². The van der Waals surface area contributed by atoms with Gasteiger partial charge >= 0.3 is 0 Å². The average molecular weight is 424 g/mol. The molecule has 0 radical (unpaired) electrons. The smallest absolute Gasteiger partial charge is 0.296 e. The Hall–Kier alpha value is -2.54. The van der Waals surface area contributed by atoms with E-state index in [2.05, 4.69) is 24.0 Å². The lowest BCUT2D eigenvalue weighted by Gasteiger charge is -2.35. The highest BCUT2D eigenvalue weighted by Crippen LogP contribution is 2.48. The number of Topliss-reactive ketones (excluding diaryl/α,β-unsaturated/α-hetero) is 1. The molecule has 3 heterocycles. The largest absolute Gasteiger partial charge is 0.483 e. The van der Waals surface area contributed by atoms with E-state index in [-0.39, 0.29) is 29.5 Å². The molecule has 7 heteroatoms. The number of amides is 1. The zero-order chi connectivity index (χ0) is 20.8. The summed E-state index contributed by atoms with van der Waals surface area (Å²) in [5.74, 6) is 0.311. The van der Waals surface area contributed by atoms with Crippen LogP contribution in [-0.2, 0) is 20.7 Å². The van der Waals surface area contributed by atoms with Gasteiger partial charge in [0.15, 0.2) is 11.5 Å². The number of fused-ring (bicyclic) bond motifs is 1. The van der Waals surface area contributed by atoms with Crippen molar-refractivity contribution in [2.45, 2.75) is 58.1 Å². The second-order valence-corrected chi connectivity index (χ2v) is 9.76. The van der Waals surface area contributed by atoms with E-state index in [4.69, 9.17) is 4.74 Å². The molecule has 3 atom stereocenters. The zero-order valence-electron chi connectivity index (χ0n) is 17.2. The van der Waals surface area contributed by atoms with E-state index in [1.807, 2.05) is 30.3 Å². The normalized spacial score (nSPS) is 26.1. The summed E-state index contributed by atoms with van der Waals surface area (Å²) in [7, 11) is 0. The molecule has 0 saturated heterocycles. The van der Waals surface area contributed by atoms with Crippen molar-refractivity contribution < 1.29 is 14.3 Å². The van der Waals surface area contributed by atoms with Crippen molar-refractivity contribution in [2.24, 2.45) is 11.8 Å². The van der Waals surface area contributed by atoms with E-state index < -0.39 is 6.04 Å². The lowest BCUT2D eigenvalue weighted by atomic mass is 9.77. The molecule has 1 saturated carbocycles. The highest BCUT2D eigenvalue weighted by Gasteiger charge is 2.53. The quantitative estimate of drug-likeness (QED) is 0.736. The highest BCUT2D eigenvalue weighted by atomic mass is 32.1. The zero-order valence-corrected chi connectivity index (χ0v) is 18.0. The minimum atomic E-state index is -0.510. The van der Waals surface area contributed by atoms with E-state index in [0.717, 1.165) is 42.7 Å². The molecular formula is C23H25N3O3S. The van der Waals surface area contributed by atoms with Crippen LogP contribution in [0.2, 0.25) is 0 Å². The van der Waals surface area contributed by atoms with Crippen molar-refractivity contribution >= 4 is 28.2 Å². The van der Waals surface area contributed by atoms with E-state index in [1.54, 1.807) is 4.90 Å². The predicted octanol–water partition coefficient (Wildman–Crippen LogP) is 4.24. The molecule has 156 valence electrons. The standard InChI is InChI=1S/C23H25N3O3S/c1-13(2)12-17-24-25-23(30-17)26-19(14-8-4-3-5-9-14)18-20(27)15-10-6-7-11-16(15)29-21(18)22(26)28/h3-5,8-9,13,15-16,19H,6-7,10-12H2,1-2H3. The van der Waals surface area contributed by atoms with Gasteiger partial charge in [-0.3, -0.25) is 14.5 Å². The predicted molar refractivity (Wildman–Crippen MR) is 114 cm³/mol. The summed E-state index contributed by atoms with van der Waals surface area (Å²) in [5.41, 5.74) is 1.39. The summed E-state index contributed by atoms with van der Waals surface area (Å²) in [6.45, 7) is 4.26. The van der Waals surface area contributed by atoms with E-state index >= 15 is 0 Å². The fourth-order valence-electron chi connectivity index (χ4n) is 4.77. The molecule has 6 nitrogen and oxygen atoms in total. The third-order valence-electron chi connectivity index (χ3n) is 6.12. The topological polar surface area (TPSA) is 72.4 Å². The fraction of sp³-hybridized carbons (Fsp3) is 0.478. The molecule has 3 unspecified atom stereocenters. The fourth-order valence-corrected chi connectivity index (χ4v) is 5.84. The number of ether oxygens (including phenoxy) is 1. The molecule has 0 spiro atoms. The first-order valence-corrected chi connectivity index (χ1v) is 11.5.